The number of aliphatic hydroxyl groups excluding tert-OH is 1. The first-order valence-electron chi connectivity index (χ1n) is 6.83. The summed E-state index contributed by atoms with van der Waals surface area (Å²) >= 11 is 0. The van der Waals surface area contributed by atoms with Gasteiger partial charge in [0.1, 0.15) is 11.6 Å². The fourth-order valence-corrected chi connectivity index (χ4v) is 2.65. The molecule has 2 atom stereocenters. The molecule has 2 rings (SSSR count). The highest BCUT2D eigenvalue weighted by molar-refractivity contribution is 5.96. The summed E-state index contributed by atoms with van der Waals surface area (Å²) in [5, 5.41) is 12.5. The van der Waals surface area contributed by atoms with Gasteiger partial charge in [-0.05, 0) is 31.7 Å². The van der Waals surface area contributed by atoms with Gasteiger partial charge in [0.25, 0.3) is 0 Å². The van der Waals surface area contributed by atoms with Crippen molar-refractivity contribution in [3.63, 3.8) is 0 Å². The third-order valence-electron chi connectivity index (χ3n) is 3.61. The van der Waals surface area contributed by atoms with E-state index in [0.717, 1.165) is 0 Å². The van der Waals surface area contributed by atoms with Crippen molar-refractivity contribution in [3.05, 3.63) is 35.9 Å². The number of amides is 1. The number of Topliss-reactive ketones (excluding diaryl/α,β-unsaturated/α-hetero) is 1. The molecule has 0 radical (unpaired) electrons. The van der Waals surface area contributed by atoms with Crippen LogP contribution in [-0.2, 0) is 15.1 Å². The number of ketones is 1. The summed E-state index contributed by atoms with van der Waals surface area (Å²) in [5.41, 5.74) is -0.512. The molecule has 0 spiro atoms. The molecule has 0 aliphatic heterocycles. The van der Waals surface area contributed by atoms with E-state index >= 15 is 0 Å². The predicted octanol–water partition coefficient (Wildman–Crippen LogP) is 1.74. The number of alkyl carbamates (subject to hydrolysis) is 1. The van der Waals surface area contributed by atoms with Crippen molar-refractivity contribution in [1.82, 2.24) is 5.32 Å². The van der Waals surface area contributed by atoms with Gasteiger partial charge >= 0.3 is 6.09 Å². The first-order valence-corrected chi connectivity index (χ1v) is 6.83. The molecular formula is C15H19NO4. The van der Waals surface area contributed by atoms with Crippen LogP contribution in [0, 0.1) is 0 Å². The van der Waals surface area contributed by atoms with Gasteiger partial charge in [0.2, 0.25) is 0 Å². The maximum Gasteiger partial charge on any atom is 0.408 e. The minimum Gasteiger partial charge on any atom is -0.450 e. The van der Waals surface area contributed by atoms with Crippen molar-refractivity contribution in [2.45, 2.75) is 37.8 Å². The second-order valence-electron chi connectivity index (χ2n) is 4.89. The van der Waals surface area contributed by atoms with Crippen LogP contribution in [0.1, 0.15) is 31.7 Å². The molecule has 1 fully saturated rings. The Morgan fingerprint density at radius 2 is 2.15 bits per heavy atom. The van der Waals surface area contributed by atoms with Crippen LogP contribution in [-0.4, -0.2) is 29.7 Å². The summed E-state index contributed by atoms with van der Waals surface area (Å²) in [4.78, 5) is 24.2. The Hall–Kier alpha value is -1.88. The van der Waals surface area contributed by atoms with E-state index in [2.05, 4.69) is 5.32 Å². The highest BCUT2D eigenvalue weighted by Crippen LogP contribution is 2.34. The van der Waals surface area contributed by atoms with Crippen LogP contribution < -0.4 is 5.32 Å². The van der Waals surface area contributed by atoms with Gasteiger partial charge in [-0.15, -0.1) is 0 Å². The Labute approximate surface area is 117 Å². The highest BCUT2D eigenvalue weighted by atomic mass is 16.5. The van der Waals surface area contributed by atoms with Gasteiger partial charge in [-0.1, -0.05) is 30.3 Å². The van der Waals surface area contributed by atoms with Crippen molar-refractivity contribution in [2.24, 2.45) is 0 Å². The molecule has 0 bridgehead atoms. The van der Waals surface area contributed by atoms with Crippen LogP contribution in [0.2, 0.25) is 0 Å². The van der Waals surface area contributed by atoms with Gasteiger partial charge in [-0.2, -0.15) is 0 Å². The van der Waals surface area contributed by atoms with Gasteiger partial charge < -0.3 is 15.2 Å². The van der Waals surface area contributed by atoms with Crippen LogP contribution in [0.4, 0.5) is 4.79 Å². The fourth-order valence-electron chi connectivity index (χ4n) is 2.65. The van der Waals surface area contributed by atoms with E-state index in [0.29, 0.717) is 24.8 Å². The molecule has 1 aliphatic rings. The predicted molar refractivity (Wildman–Crippen MR) is 73.1 cm³/mol. The minimum absolute atomic E-state index is 0.230. The molecule has 0 heterocycles. The second kappa shape index (κ2) is 6.05. The van der Waals surface area contributed by atoms with Crippen LogP contribution in [0.25, 0.3) is 0 Å². The zero-order chi connectivity index (χ0) is 14.6. The lowest BCUT2D eigenvalue weighted by Crippen LogP contribution is -2.57. The van der Waals surface area contributed by atoms with E-state index in [4.69, 9.17) is 4.74 Å². The SMILES string of the molecule is CCOC(=O)N[C@@]1(c2ccccc2)CCC[C@@H](O)C1=O. The number of hydrogen-bond donors (Lipinski definition) is 2. The summed E-state index contributed by atoms with van der Waals surface area (Å²) in [7, 11) is 0. The maximum absolute atomic E-state index is 12.5. The number of carbonyl (C=O) groups excluding carboxylic acids is 2. The Morgan fingerprint density at radius 1 is 1.45 bits per heavy atom. The van der Waals surface area contributed by atoms with Crippen LogP contribution in [0.15, 0.2) is 30.3 Å². The monoisotopic (exact) mass is 277 g/mol. The van der Waals surface area contributed by atoms with Crippen LogP contribution in [0.5, 0.6) is 0 Å². The lowest BCUT2D eigenvalue weighted by atomic mass is 9.74. The zero-order valence-electron chi connectivity index (χ0n) is 11.5. The molecule has 2 N–H and O–H groups in total. The topological polar surface area (TPSA) is 75.6 Å². The number of ether oxygens (including phenoxy) is 1. The number of hydrogen-bond acceptors (Lipinski definition) is 4. The Morgan fingerprint density at radius 3 is 2.80 bits per heavy atom. The molecule has 0 unspecified atom stereocenters. The molecule has 1 aromatic rings. The van der Waals surface area contributed by atoms with E-state index in [9.17, 15) is 14.7 Å². The molecule has 1 aromatic carbocycles. The van der Waals surface area contributed by atoms with Gasteiger partial charge in [-0.25, -0.2) is 4.79 Å². The quantitative estimate of drug-likeness (QED) is 0.882. The van der Waals surface area contributed by atoms with E-state index < -0.39 is 17.7 Å². The molecule has 5 heteroatoms. The molecule has 20 heavy (non-hydrogen) atoms. The normalized spacial score (nSPS) is 26.1. The third kappa shape index (κ3) is 2.67. The summed E-state index contributed by atoms with van der Waals surface area (Å²) in [6.45, 7) is 1.93. The Balaban J connectivity index is 2.38. The number of aliphatic hydroxyl groups is 1. The van der Waals surface area contributed by atoms with E-state index in [1.165, 1.54) is 0 Å². The molecule has 1 amide bonds. The molecule has 1 aliphatic carbocycles. The Kier molecular flexibility index (Phi) is 4.39. The van der Waals surface area contributed by atoms with Crippen molar-refractivity contribution in [3.8, 4) is 0 Å². The van der Waals surface area contributed by atoms with Gasteiger partial charge in [0.15, 0.2) is 5.78 Å². The average Bonchev–Trinajstić information content (AvgIpc) is 2.45. The molecule has 108 valence electrons. The van der Waals surface area contributed by atoms with E-state index in [-0.39, 0.29) is 12.4 Å². The lowest BCUT2D eigenvalue weighted by molar-refractivity contribution is -0.137. The fraction of sp³-hybridized carbons (Fsp3) is 0.467. The second-order valence-corrected chi connectivity index (χ2v) is 4.89. The number of benzene rings is 1. The molecule has 1 saturated carbocycles. The first kappa shape index (κ1) is 14.5. The standard InChI is InChI=1S/C15H19NO4/c1-2-20-14(19)16-15(11-7-4-3-5-8-11)10-6-9-12(17)13(15)18/h3-5,7-8,12,17H,2,6,9-10H2,1H3,(H,16,19)/t12-,15-/m1/s1. The summed E-state index contributed by atoms with van der Waals surface area (Å²) in [6.07, 6.45) is -0.137. The number of carbonyl (C=O) groups is 2. The summed E-state index contributed by atoms with van der Waals surface area (Å²) in [6, 6.07) is 9.01. The molecule has 0 saturated heterocycles. The van der Waals surface area contributed by atoms with Gasteiger partial charge in [-0.3, -0.25) is 4.79 Å². The average molecular weight is 277 g/mol. The number of rotatable bonds is 3. The zero-order valence-corrected chi connectivity index (χ0v) is 11.5. The van der Waals surface area contributed by atoms with E-state index in [1.54, 1.807) is 31.2 Å². The molecular weight excluding hydrogens is 258 g/mol. The lowest BCUT2D eigenvalue weighted by Gasteiger charge is -2.38. The molecule has 0 aromatic heterocycles. The van der Waals surface area contributed by atoms with Gasteiger partial charge in [0, 0.05) is 0 Å². The summed E-state index contributed by atoms with van der Waals surface area (Å²) in [5.74, 6) is -0.372. The van der Waals surface area contributed by atoms with Crippen LogP contribution >= 0.6 is 0 Å². The van der Waals surface area contributed by atoms with E-state index in [1.807, 2.05) is 6.07 Å². The Bertz CT molecular complexity index is 488. The van der Waals surface area contributed by atoms with Crippen LogP contribution in [0.3, 0.4) is 0 Å². The van der Waals surface area contributed by atoms with Crippen molar-refractivity contribution < 1.29 is 19.4 Å². The van der Waals surface area contributed by atoms with Crippen molar-refractivity contribution >= 4 is 11.9 Å². The number of nitrogens with one attached hydrogen (secondary N) is 1. The largest absolute Gasteiger partial charge is 0.450 e. The van der Waals surface area contributed by atoms with Crippen molar-refractivity contribution in [2.75, 3.05) is 6.61 Å². The smallest absolute Gasteiger partial charge is 0.408 e. The maximum atomic E-state index is 12.5. The summed E-state index contributed by atoms with van der Waals surface area (Å²) < 4.78 is 4.89. The highest BCUT2D eigenvalue weighted by Gasteiger charge is 2.47. The third-order valence-corrected chi connectivity index (χ3v) is 3.61. The van der Waals surface area contributed by atoms with Gasteiger partial charge in [0.05, 0.1) is 6.61 Å². The minimum atomic E-state index is -1.19. The first-order chi connectivity index (χ1) is 9.60. The molecule has 5 nitrogen and oxygen atoms in total. The van der Waals surface area contributed by atoms with Crippen molar-refractivity contribution in [1.29, 1.82) is 0 Å².